The highest BCUT2D eigenvalue weighted by molar-refractivity contribution is 5.94. The molecule has 7 nitrogen and oxygen atoms in total. The van der Waals surface area contributed by atoms with Gasteiger partial charge in [-0.25, -0.2) is 0 Å². The Balaban J connectivity index is 2.79. The zero-order chi connectivity index (χ0) is 14.0. The predicted octanol–water partition coefficient (Wildman–Crippen LogP) is 0.206. The van der Waals surface area contributed by atoms with Crippen LogP contribution in [0.25, 0.3) is 5.65 Å². The molecule has 0 aliphatic rings. The smallest absolute Gasteiger partial charge is 0.278 e. The van der Waals surface area contributed by atoms with E-state index in [0.29, 0.717) is 18.5 Å². The van der Waals surface area contributed by atoms with Crippen LogP contribution in [0.2, 0.25) is 0 Å². The summed E-state index contributed by atoms with van der Waals surface area (Å²) >= 11 is 0. The summed E-state index contributed by atoms with van der Waals surface area (Å²) in [5, 5.41) is 15.4. The summed E-state index contributed by atoms with van der Waals surface area (Å²) in [4.78, 5) is 27.0. The number of aromatic amines is 1. The van der Waals surface area contributed by atoms with E-state index in [1.807, 2.05) is 6.07 Å². The lowest BCUT2D eigenvalue weighted by atomic mass is 10.1. The normalized spacial score (nSPS) is 10.4. The minimum Gasteiger partial charge on any atom is -0.351 e. The van der Waals surface area contributed by atoms with Crippen LogP contribution in [0.5, 0.6) is 0 Å². The van der Waals surface area contributed by atoms with Gasteiger partial charge in [-0.05, 0) is 13.3 Å². The zero-order valence-corrected chi connectivity index (χ0v) is 10.6. The van der Waals surface area contributed by atoms with Crippen LogP contribution in [0.15, 0.2) is 11.0 Å². The quantitative estimate of drug-likeness (QED) is 0.822. The summed E-state index contributed by atoms with van der Waals surface area (Å²) < 4.78 is 1.11. The van der Waals surface area contributed by atoms with Crippen LogP contribution in [0.1, 0.15) is 35.5 Å². The Morgan fingerprint density at radius 1 is 1.58 bits per heavy atom. The van der Waals surface area contributed by atoms with E-state index in [1.54, 1.807) is 13.8 Å². The molecule has 0 aliphatic heterocycles. The average Bonchev–Trinajstić information content (AvgIpc) is 2.82. The first-order valence-corrected chi connectivity index (χ1v) is 5.95. The molecule has 0 aliphatic carbocycles. The molecule has 2 aromatic heterocycles. The molecular formula is C12H13N5O2. The van der Waals surface area contributed by atoms with Gasteiger partial charge >= 0.3 is 0 Å². The first-order chi connectivity index (χ1) is 9.13. The monoisotopic (exact) mass is 259 g/mol. The van der Waals surface area contributed by atoms with E-state index < -0.39 is 0 Å². The van der Waals surface area contributed by atoms with Crippen LogP contribution in [-0.2, 0) is 6.42 Å². The topological polar surface area (TPSA) is 103 Å². The van der Waals surface area contributed by atoms with Gasteiger partial charge in [0.15, 0.2) is 5.65 Å². The van der Waals surface area contributed by atoms with Crippen molar-refractivity contribution < 1.29 is 4.79 Å². The molecule has 0 aromatic carbocycles. The van der Waals surface area contributed by atoms with Crippen LogP contribution >= 0.6 is 0 Å². The molecule has 98 valence electrons. The maximum absolute atomic E-state index is 12.2. The number of hydrogen-bond acceptors (Lipinski definition) is 4. The van der Waals surface area contributed by atoms with E-state index in [-0.39, 0.29) is 28.4 Å². The first-order valence-electron chi connectivity index (χ1n) is 5.95. The van der Waals surface area contributed by atoms with E-state index in [9.17, 15) is 9.59 Å². The van der Waals surface area contributed by atoms with Crippen LogP contribution in [-0.4, -0.2) is 27.0 Å². The maximum atomic E-state index is 12.2. The molecule has 0 bridgehead atoms. The van der Waals surface area contributed by atoms with Crippen molar-refractivity contribution in [3.63, 3.8) is 0 Å². The van der Waals surface area contributed by atoms with Gasteiger partial charge in [0.1, 0.15) is 17.3 Å². The maximum Gasteiger partial charge on any atom is 0.278 e. The van der Waals surface area contributed by atoms with Crippen molar-refractivity contribution >= 4 is 11.6 Å². The standard InChI is InChI=1S/C12H13N5O2/c1-3-8-9(11(18)14-4-2)16-10-7(5-13)6-15-17(10)12(8)19/h6,16H,3-4H2,1-2H3,(H,14,18). The molecule has 2 N–H and O–H groups in total. The summed E-state index contributed by atoms with van der Waals surface area (Å²) in [5.74, 6) is -0.357. The van der Waals surface area contributed by atoms with Gasteiger partial charge in [-0.2, -0.15) is 14.9 Å². The van der Waals surface area contributed by atoms with Gasteiger partial charge < -0.3 is 10.3 Å². The number of nitrogens with zero attached hydrogens (tertiary/aromatic N) is 3. The third kappa shape index (κ3) is 1.97. The Labute approximate surface area is 108 Å². The third-order valence-electron chi connectivity index (χ3n) is 2.80. The fraction of sp³-hybridized carbons (Fsp3) is 0.333. The second-order valence-electron chi connectivity index (χ2n) is 3.93. The summed E-state index contributed by atoms with van der Waals surface area (Å²) in [5.41, 5.74) is 0.639. The molecule has 2 rings (SSSR count). The lowest BCUT2D eigenvalue weighted by Crippen LogP contribution is -2.30. The predicted molar refractivity (Wildman–Crippen MR) is 67.9 cm³/mol. The highest BCUT2D eigenvalue weighted by Gasteiger charge is 2.18. The van der Waals surface area contributed by atoms with Crippen LogP contribution in [0.3, 0.4) is 0 Å². The molecule has 0 fully saturated rings. The van der Waals surface area contributed by atoms with Gasteiger partial charge in [-0.1, -0.05) is 6.92 Å². The van der Waals surface area contributed by atoms with Crippen molar-refractivity contribution in [1.82, 2.24) is 19.9 Å². The number of carbonyl (C=O) groups excluding carboxylic acids is 1. The van der Waals surface area contributed by atoms with Gasteiger partial charge in [-0.15, -0.1) is 0 Å². The van der Waals surface area contributed by atoms with Gasteiger partial charge in [0, 0.05) is 12.1 Å². The van der Waals surface area contributed by atoms with E-state index >= 15 is 0 Å². The minimum absolute atomic E-state index is 0.193. The number of rotatable bonds is 3. The zero-order valence-electron chi connectivity index (χ0n) is 10.6. The summed E-state index contributed by atoms with van der Waals surface area (Å²) in [6, 6.07) is 1.93. The summed E-state index contributed by atoms with van der Waals surface area (Å²) in [7, 11) is 0. The number of fused-ring (bicyclic) bond motifs is 1. The van der Waals surface area contributed by atoms with Crippen molar-refractivity contribution in [2.24, 2.45) is 0 Å². The van der Waals surface area contributed by atoms with Gasteiger partial charge in [-0.3, -0.25) is 9.59 Å². The fourth-order valence-corrected chi connectivity index (χ4v) is 1.90. The number of H-pyrrole nitrogens is 1. The Bertz CT molecular complexity index is 735. The molecule has 1 amide bonds. The van der Waals surface area contributed by atoms with Crippen LogP contribution in [0.4, 0.5) is 0 Å². The van der Waals surface area contributed by atoms with E-state index in [0.717, 1.165) is 4.52 Å². The molecule has 0 saturated carbocycles. The van der Waals surface area contributed by atoms with E-state index in [1.165, 1.54) is 6.20 Å². The largest absolute Gasteiger partial charge is 0.351 e. The molecular weight excluding hydrogens is 246 g/mol. The Hall–Kier alpha value is -2.62. The van der Waals surface area contributed by atoms with Crippen LogP contribution < -0.4 is 10.9 Å². The fourth-order valence-electron chi connectivity index (χ4n) is 1.90. The number of nitriles is 1. The molecule has 2 heterocycles. The van der Waals surface area contributed by atoms with E-state index in [2.05, 4.69) is 15.4 Å². The number of amides is 1. The molecule has 0 radical (unpaired) electrons. The van der Waals surface area contributed by atoms with Gasteiger partial charge in [0.2, 0.25) is 0 Å². The number of carbonyl (C=O) groups is 1. The van der Waals surface area contributed by atoms with Gasteiger partial charge in [0.25, 0.3) is 11.5 Å². The Kier molecular flexibility index (Phi) is 3.33. The third-order valence-corrected chi connectivity index (χ3v) is 2.80. The summed E-state index contributed by atoms with van der Waals surface area (Å²) in [6.45, 7) is 4.03. The van der Waals surface area contributed by atoms with Crippen molar-refractivity contribution in [1.29, 1.82) is 5.26 Å². The molecule has 19 heavy (non-hydrogen) atoms. The van der Waals surface area contributed by atoms with Crippen molar-refractivity contribution in [2.75, 3.05) is 6.54 Å². The van der Waals surface area contributed by atoms with Crippen LogP contribution in [0, 0.1) is 11.3 Å². The number of nitrogens with one attached hydrogen (secondary N) is 2. The Morgan fingerprint density at radius 2 is 2.32 bits per heavy atom. The summed E-state index contributed by atoms with van der Waals surface area (Å²) in [6.07, 6.45) is 1.70. The molecule has 7 heteroatoms. The highest BCUT2D eigenvalue weighted by Crippen LogP contribution is 2.09. The molecule has 0 spiro atoms. The highest BCUT2D eigenvalue weighted by atomic mass is 16.2. The second-order valence-corrected chi connectivity index (χ2v) is 3.93. The van der Waals surface area contributed by atoms with Crippen molar-refractivity contribution in [3.05, 3.63) is 33.4 Å². The molecule has 2 aromatic rings. The van der Waals surface area contributed by atoms with Gasteiger partial charge in [0.05, 0.1) is 6.20 Å². The SMILES string of the molecule is CCNC(=O)c1[nH]c2c(C#N)cnn2c(=O)c1CC. The van der Waals surface area contributed by atoms with Crippen molar-refractivity contribution in [2.45, 2.75) is 20.3 Å². The first kappa shape index (κ1) is 12.8. The lowest BCUT2D eigenvalue weighted by molar-refractivity contribution is 0.0949. The minimum atomic E-state index is -0.376. The number of hydrogen-bond donors (Lipinski definition) is 2. The van der Waals surface area contributed by atoms with Crippen molar-refractivity contribution in [3.8, 4) is 6.07 Å². The number of aromatic nitrogens is 3. The Morgan fingerprint density at radius 3 is 2.89 bits per heavy atom. The second kappa shape index (κ2) is 4.94. The molecule has 0 saturated heterocycles. The van der Waals surface area contributed by atoms with E-state index in [4.69, 9.17) is 5.26 Å². The molecule has 0 atom stereocenters. The average molecular weight is 259 g/mol. The lowest BCUT2D eigenvalue weighted by Gasteiger charge is -2.08. The molecule has 0 unspecified atom stereocenters.